The number of nitrogens with two attached hydrogens (primary N) is 1. The highest BCUT2D eigenvalue weighted by molar-refractivity contribution is 5.99. The third-order valence-electron chi connectivity index (χ3n) is 3.52. The van der Waals surface area contributed by atoms with Crippen molar-refractivity contribution in [2.24, 2.45) is 5.73 Å². The highest BCUT2D eigenvalue weighted by atomic mass is 16.2. The smallest absolute Gasteiger partial charge is 0.246 e. The molecule has 4 heteroatoms. The second-order valence-electron chi connectivity index (χ2n) is 5.49. The molecule has 1 aromatic carbocycles. The van der Waals surface area contributed by atoms with Crippen molar-refractivity contribution in [3.8, 4) is 0 Å². The van der Waals surface area contributed by atoms with E-state index in [1.807, 2.05) is 47.2 Å². The van der Waals surface area contributed by atoms with Crippen molar-refractivity contribution in [1.29, 1.82) is 0 Å². The highest BCUT2D eigenvalue weighted by Gasteiger charge is 2.43. The Morgan fingerprint density at radius 3 is 2.50 bits per heavy atom. The number of piperazine rings is 1. The van der Waals surface area contributed by atoms with E-state index < -0.39 is 0 Å². The summed E-state index contributed by atoms with van der Waals surface area (Å²) in [6.45, 7) is 5.34. The normalized spacial score (nSPS) is 24.3. The molecule has 1 unspecified atom stereocenters. The molecule has 18 heavy (non-hydrogen) atoms. The molecule has 0 aliphatic carbocycles. The molecule has 2 N–H and O–H groups in total. The fourth-order valence-corrected chi connectivity index (χ4v) is 2.76. The molecule has 1 aliphatic heterocycles. The Morgan fingerprint density at radius 2 is 1.94 bits per heavy atom. The topological polar surface area (TPSA) is 49.6 Å². The molecule has 0 saturated carbocycles. The first-order valence-electron chi connectivity index (χ1n) is 6.27. The number of hydrogen-bond donors (Lipinski definition) is 1. The second-order valence-corrected chi connectivity index (χ2v) is 5.49. The fourth-order valence-electron chi connectivity index (χ4n) is 2.76. The summed E-state index contributed by atoms with van der Waals surface area (Å²) < 4.78 is 0. The van der Waals surface area contributed by atoms with Gasteiger partial charge in [-0.05, 0) is 33.0 Å². The van der Waals surface area contributed by atoms with E-state index in [-0.39, 0.29) is 17.5 Å². The van der Waals surface area contributed by atoms with Gasteiger partial charge in [-0.25, -0.2) is 0 Å². The van der Waals surface area contributed by atoms with Crippen LogP contribution < -0.4 is 10.6 Å². The molecule has 1 atom stereocenters. The molecule has 0 bridgehead atoms. The third kappa shape index (κ3) is 2.13. The summed E-state index contributed by atoms with van der Waals surface area (Å²) in [5.41, 5.74) is 6.44. The molecule has 98 valence electrons. The largest absolute Gasteiger partial charge is 0.328 e. The van der Waals surface area contributed by atoms with Crippen LogP contribution in [0.25, 0.3) is 0 Å². The van der Waals surface area contributed by atoms with Gasteiger partial charge in [0, 0.05) is 18.8 Å². The van der Waals surface area contributed by atoms with Crippen LogP contribution in [0.1, 0.15) is 13.8 Å². The van der Waals surface area contributed by atoms with Crippen molar-refractivity contribution < 1.29 is 4.79 Å². The van der Waals surface area contributed by atoms with Crippen molar-refractivity contribution in [3.63, 3.8) is 0 Å². The van der Waals surface area contributed by atoms with Crippen LogP contribution in [0.3, 0.4) is 0 Å². The number of nitrogens with zero attached hydrogens (tertiary/aromatic N) is 2. The number of para-hydroxylation sites is 1. The Bertz CT molecular complexity index is 430. The van der Waals surface area contributed by atoms with E-state index in [9.17, 15) is 4.79 Å². The third-order valence-corrected chi connectivity index (χ3v) is 3.52. The Balaban J connectivity index is 2.40. The molecule has 1 fully saturated rings. The highest BCUT2D eigenvalue weighted by Crippen LogP contribution is 2.30. The van der Waals surface area contributed by atoms with Crippen molar-refractivity contribution >= 4 is 11.6 Å². The van der Waals surface area contributed by atoms with Gasteiger partial charge in [0.25, 0.3) is 0 Å². The van der Waals surface area contributed by atoms with Crippen molar-refractivity contribution in [2.45, 2.75) is 25.4 Å². The van der Waals surface area contributed by atoms with E-state index in [1.54, 1.807) is 0 Å². The molecule has 0 aromatic heterocycles. The van der Waals surface area contributed by atoms with E-state index in [2.05, 4.69) is 13.8 Å². The summed E-state index contributed by atoms with van der Waals surface area (Å²) in [5, 5.41) is 0. The minimum atomic E-state index is -0.224. The molecule has 1 aromatic rings. The van der Waals surface area contributed by atoms with E-state index in [0.29, 0.717) is 6.54 Å². The summed E-state index contributed by atoms with van der Waals surface area (Å²) in [4.78, 5) is 16.5. The first kappa shape index (κ1) is 13.1. The number of likely N-dealkylation sites (N-methyl/N-ethyl adjacent to an activating group) is 1. The van der Waals surface area contributed by atoms with Crippen molar-refractivity contribution in [1.82, 2.24) is 4.90 Å². The lowest BCUT2D eigenvalue weighted by molar-refractivity contribution is -0.127. The number of carbonyl (C=O) groups excluding carboxylic acids is 1. The SMILES string of the molecule is CN1CC(C)(C)N(c2ccccc2)C(=O)C1CN. The van der Waals surface area contributed by atoms with Gasteiger partial charge in [-0.1, -0.05) is 18.2 Å². The van der Waals surface area contributed by atoms with Crippen LogP contribution in [0.15, 0.2) is 30.3 Å². The van der Waals surface area contributed by atoms with Crippen molar-refractivity contribution in [3.05, 3.63) is 30.3 Å². The standard InChI is InChI=1S/C14H21N3O/c1-14(2)10-16(3)12(9-15)13(18)17(14)11-7-5-4-6-8-11/h4-8,12H,9-10,15H2,1-3H3. The predicted octanol–water partition coefficient (Wildman–Crippen LogP) is 1.07. The minimum Gasteiger partial charge on any atom is -0.328 e. The monoisotopic (exact) mass is 247 g/mol. The van der Waals surface area contributed by atoms with E-state index in [4.69, 9.17) is 5.73 Å². The van der Waals surface area contributed by atoms with Gasteiger partial charge in [0.1, 0.15) is 6.04 Å². The maximum absolute atomic E-state index is 12.6. The number of amides is 1. The number of rotatable bonds is 2. The second kappa shape index (κ2) is 4.71. The summed E-state index contributed by atoms with van der Waals surface area (Å²) >= 11 is 0. The molecular formula is C14H21N3O. The number of carbonyl (C=O) groups is 1. The lowest BCUT2D eigenvalue weighted by Gasteiger charge is -2.49. The van der Waals surface area contributed by atoms with Crippen LogP contribution in [0.4, 0.5) is 5.69 Å². The van der Waals surface area contributed by atoms with Crippen LogP contribution in [-0.2, 0) is 4.79 Å². The molecular weight excluding hydrogens is 226 g/mol. The van der Waals surface area contributed by atoms with Gasteiger partial charge in [0.15, 0.2) is 0 Å². The maximum atomic E-state index is 12.6. The molecule has 1 amide bonds. The zero-order valence-electron chi connectivity index (χ0n) is 11.3. The zero-order valence-corrected chi connectivity index (χ0v) is 11.3. The Hall–Kier alpha value is -1.39. The number of hydrogen-bond acceptors (Lipinski definition) is 3. The van der Waals surface area contributed by atoms with Gasteiger partial charge in [0.2, 0.25) is 5.91 Å². The van der Waals surface area contributed by atoms with Crippen LogP contribution in [0.2, 0.25) is 0 Å². The number of benzene rings is 1. The van der Waals surface area contributed by atoms with Gasteiger partial charge in [-0.3, -0.25) is 9.69 Å². The Morgan fingerprint density at radius 1 is 1.33 bits per heavy atom. The first-order valence-corrected chi connectivity index (χ1v) is 6.27. The maximum Gasteiger partial charge on any atom is 0.246 e. The Kier molecular flexibility index (Phi) is 3.41. The van der Waals surface area contributed by atoms with Crippen molar-refractivity contribution in [2.75, 3.05) is 25.0 Å². The summed E-state index contributed by atoms with van der Waals surface area (Å²) in [6.07, 6.45) is 0. The lowest BCUT2D eigenvalue weighted by Crippen LogP contribution is -2.67. The zero-order chi connectivity index (χ0) is 13.3. The molecule has 1 saturated heterocycles. The number of anilines is 1. The van der Waals surface area contributed by atoms with Gasteiger partial charge >= 0.3 is 0 Å². The van der Waals surface area contributed by atoms with E-state index in [1.165, 1.54) is 0 Å². The average Bonchev–Trinajstić information content (AvgIpc) is 2.29. The predicted molar refractivity (Wildman–Crippen MR) is 73.5 cm³/mol. The minimum absolute atomic E-state index is 0.0856. The Labute approximate surface area is 108 Å². The molecule has 0 radical (unpaired) electrons. The molecule has 2 rings (SSSR count). The van der Waals surface area contributed by atoms with Gasteiger partial charge in [-0.15, -0.1) is 0 Å². The average molecular weight is 247 g/mol. The lowest BCUT2D eigenvalue weighted by atomic mass is 9.94. The summed E-state index contributed by atoms with van der Waals surface area (Å²) in [5.74, 6) is 0.0856. The van der Waals surface area contributed by atoms with E-state index >= 15 is 0 Å². The summed E-state index contributed by atoms with van der Waals surface area (Å²) in [6, 6.07) is 9.58. The first-order chi connectivity index (χ1) is 8.47. The van der Waals surface area contributed by atoms with Gasteiger partial charge in [0.05, 0.1) is 5.54 Å². The molecule has 1 heterocycles. The van der Waals surface area contributed by atoms with Gasteiger partial charge in [-0.2, -0.15) is 0 Å². The molecule has 4 nitrogen and oxygen atoms in total. The molecule has 0 spiro atoms. The molecule has 1 aliphatic rings. The van der Waals surface area contributed by atoms with Crippen LogP contribution in [0.5, 0.6) is 0 Å². The van der Waals surface area contributed by atoms with Gasteiger partial charge < -0.3 is 10.6 Å². The van der Waals surface area contributed by atoms with Crippen LogP contribution in [-0.4, -0.2) is 42.5 Å². The van der Waals surface area contributed by atoms with E-state index in [0.717, 1.165) is 12.2 Å². The van der Waals surface area contributed by atoms with Crippen LogP contribution in [0, 0.1) is 0 Å². The van der Waals surface area contributed by atoms with Crippen LogP contribution >= 0.6 is 0 Å². The fraction of sp³-hybridized carbons (Fsp3) is 0.500. The summed E-state index contributed by atoms with van der Waals surface area (Å²) in [7, 11) is 1.96. The quantitative estimate of drug-likeness (QED) is 0.850.